The number of carbonyl (C=O) groups excluding carboxylic acids is 1. The molecular weight excluding hydrogens is 697 g/mol. The summed E-state index contributed by atoms with van der Waals surface area (Å²) in [5.74, 6) is 0.895. The van der Waals surface area contributed by atoms with Crippen LogP contribution in [-0.2, 0) is 42.8 Å². The van der Waals surface area contributed by atoms with Crippen LogP contribution in [0, 0.1) is 5.92 Å². The Morgan fingerprint density at radius 2 is 1.60 bits per heavy atom. The smallest absolute Gasteiger partial charge is 0.344 e. The molecule has 294 valence electrons. The predicted octanol–water partition coefficient (Wildman–Crippen LogP) is 11.9. The lowest BCUT2D eigenvalue weighted by Gasteiger charge is -2.44. The van der Waals surface area contributed by atoms with Crippen molar-refractivity contribution in [1.82, 2.24) is 0 Å². The average Bonchev–Trinajstić information content (AvgIpc) is 3.66. The minimum absolute atomic E-state index is 0.0127. The van der Waals surface area contributed by atoms with Gasteiger partial charge in [-0.1, -0.05) is 106 Å². The van der Waals surface area contributed by atoms with E-state index in [0.717, 1.165) is 64.7 Å². The number of furan rings is 1. The minimum atomic E-state index is -2.24. The van der Waals surface area contributed by atoms with Crippen LogP contribution in [0.4, 0.5) is 0 Å². The van der Waals surface area contributed by atoms with Crippen LogP contribution in [0.3, 0.4) is 0 Å². The lowest BCUT2D eigenvalue weighted by atomic mass is 9.81. The molecule has 5 rings (SSSR count). The van der Waals surface area contributed by atoms with Gasteiger partial charge >= 0.3 is 5.97 Å². The highest BCUT2D eigenvalue weighted by Gasteiger charge is 2.71. The zero-order valence-electron chi connectivity index (χ0n) is 35.2. The highest BCUT2D eigenvalue weighted by atomic mass is 28.4. The molecule has 53 heavy (non-hydrogen) atoms. The summed E-state index contributed by atoms with van der Waals surface area (Å²) >= 11 is 0. The number of carbonyl (C=O) groups is 1. The first kappa shape index (κ1) is 41.7. The molecule has 5 atom stereocenters. The monoisotopic (exact) mass is 764 g/mol. The molecule has 1 aromatic heterocycles. The van der Waals surface area contributed by atoms with Crippen LogP contribution in [0.1, 0.15) is 123 Å². The zero-order chi connectivity index (χ0) is 39.1. The van der Waals surface area contributed by atoms with Gasteiger partial charge in [0.1, 0.15) is 30.1 Å². The summed E-state index contributed by atoms with van der Waals surface area (Å²) in [5, 5.41) is 1.08. The summed E-state index contributed by atoms with van der Waals surface area (Å²) in [7, 11) is -4.38. The van der Waals surface area contributed by atoms with Crippen LogP contribution < -0.4 is 4.74 Å². The largest absolute Gasteiger partial charge is 0.488 e. The minimum Gasteiger partial charge on any atom is -0.488 e. The Hall–Kier alpha value is -2.44. The molecule has 9 heteroatoms. The van der Waals surface area contributed by atoms with Crippen molar-refractivity contribution in [3.05, 3.63) is 64.9 Å². The number of hydrogen-bond donors (Lipinski definition) is 0. The average molecular weight is 765 g/mol. The number of rotatable bonds is 15. The molecule has 2 saturated heterocycles. The first-order valence-corrected chi connectivity index (χ1v) is 25.9. The van der Waals surface area contributed by atoms with Crippen LogP contribution in [-0.4, -0.2) is 46.5 Å². The van der Waals surface area contributed by atoms with E-state index in [0.29, 0.717) is 25.6 Å². The van der Waals surface area contributed by atoms with Gasteiger partial charge in [0.15, 0.2) is 16.6 Å². The molecule has 0 aliphatic carbocycles. The number of ether oxygens (including phenoxy) is 3. The van der Waals surface area contributed by atoms with E-state index in [1.54, 1.807) is 0 Å². The molecule has 0 saturated carbocycles. The number of esters is 1. The second-order valence-corrected chi connectivity index (χ2v) is 28.6. The molecular formula is C44H68O7Si2. The Balaban J connectivity index is 1.61. The molecule has 0 radical (unpaired) electrons. The zero-order valence-corrected chi connectivity index (χ0v) is 37.2. The predicted molar refractivity (Wildman–Crippen MR) is 220 cm³/mol. The fourth-order valence-corrected chi connectivity index (χ4v) is 9.58. The Kier molecular flexibility index (Phi) is 12.3. The highest BCUT2D eigenvalue weighted by molar-refractivity contribution is 6.74. The molecule has 7 nitrogen and oxygen atoms in total. The van der Waals surface area contributed by atoms with Crippen molar-refractivity contribution in [2.45, 2.75) is 181 Å². The van der Waals surface area contributed by atoms with E-state index >= 15 is 0 Å². The third-order valence-corrected chi connectivity index (χ3v) is 21.5. The van der Waals surface area contributed by atoms with Crippen LogP contribution in [0.5, 0.6) is 5.75 Å². The van der Waals surface area contributed by atoms with Gasteiger partial charge in [0.2, 0.25) is 5.60 Å². The standard InChI is InChI=1S/C44H68O7Si2/c1-15-20-32(36-25-38(51-53(13,14)43(8,9)10)44(41(45)49-36)37(16-2)50-44)34-27-47-40-33(34)24-31(23-29(3)4)39(46-26-30-21-18-17-19-22-30)35(40)28-48-52(11,12)42(5,6)7/h17-19,21-22,24,27,29,32,36-38H,15-16,20,23,25-26,28H2,1-14H3/t32?,36-,37+,38?,44+/m0/s1. The summed E-state index contributed by atoms with van der Waals surface area (Å²) < 4.78 is 40.1. The summed E-state index contributed by atoms with van der Waals surface area (Å²) in [5.41, 5.74) is 4.05. The molecule has 3 heterocycles. The van der Waals surface area contributed by atoms with Gasteiger partial charge in [-0.2, -0.15) is 0 Å². The number of fused-ring (bicyclic) bond motifs is 1. The van der Waals surface area contributed by atoms with Crippen molar-refractivity contribution in [2.75, 3.05) is 0 Å². The molecule has 3 aromatic rings. The molecule has 0 bridgehead atoms. The lowest BCUT2D eigenvalue weighted by Crippen LogP contribution is -2.57. The second kappa shape index (κ2) is 15.6. The summed E-state index contributed by atoms with van der Waals surface area (Å²) in [6.45, 7) is 32.2. The lowest BCUT2D eigenvalue weighted by molar-refractivity contribution is -0.173. The van der Waals surface area contributed by atoms with E-state index in [9.17, 15) is 4.79 Å². The highest BCUT2D eigenvalue weighted by Crippen LogP contribution is 2.53. The van der Waals surface area contributed by atoms with Gasteiger partial charge in [-0.3, -0.25) is 0 Å². The summed E-state index contributed by atoms with van der Waals surface area (Å²) in [6, 6.07) is 12.6. The van der Waals surface area contributed by atoms with E-state index in [4.69, 9.17) is 27.5 Å². The molecule has 2 unspecified atom stereocenters. The van der Waals surface area contributed by atoms with E-state index in [1.165, 1.54) is 0 Å². The van der Waals surface area contributed by atoms with Crippen LogP contribution in [0.15, 0.2) is 47.1 Å². The summed E-state index contributed by atoms with van der Waals surface area (Å²) in [6.07, 6.45) is 4.93. The molecule has 2 fully saturated rings. The van der Waals surface area contributed by atoms with Crippen molar-refractivity contribution in [3.8, 4) is 5.75 Å². The quantitative estimate of drug-likeness (QED) is 0.0866. The number of cyclic esters (lactones) is 1. The topological polar surface area (TPSA) is 79.7 Å². The van der Waals surface area contributed by atoms with Gasteiger partial charge in [0, 0.05) is 23.3 Å². The third-order valence-electron chi connectivity index (χ3n) is 12.6. The van der Waals surface area contributed by atoms with Crippen molar-refractivity contribution >= 4 is 33.6 Å². The normalized spacial score (nSPS) is 23.2. The van der Waals surface area contributed by atoms with Gasteiger partial charge in [-0.15, -0.1) is 0 Å². The Labute approximate surface area is 322 Å². The fraction of sp³-hybridized carbons (Fsp3) is 0.659. The SMILES string of the molecule is CCCC(c1coc2c(CO[Si](C)(C)C(C)(C)C)c(OCc3ccccc3)c(CC(C)C)cc12)[C@@H]1CC(O[Si](C)(C)C(C)(C)C)[C@@]2(O[C@@H]2CC)C(=O)O1. The van der Waals surface area contributed by atoms with E-state index < -0.39 is 22.2 Å². The van der Waals surface area contributed by atoms with Gasteiger partial charge in [0.25, 0.3) is 0 Å². The van der Waals surface area contributed by atoms with Gasteiger partial charge in [-0.05, 0) is 78.6 Å². The fourth-order valence-electron chi connectivity index (χ4n) is 7.30. The molecule has 1 spiro atoms. The van der Waals surface area contributed by atoms with Gasteiger partial charge in [0.05, 0.1) is 24.5 Å². The van der Waals surface area contributed by atoms with Gasteiger partial charge < -0.3 is 27.5 Å². The third kappa shape index (κ3) is 8.54. The van der Waals surface area contributed by atoms with Gasteiger partial charge in [-0.25, -0.2) is 4.79 Å². The second-order valence-electron chi connectivity index (χ2n) is 19.1. The number of hydrogen-bond acceptors (Lipinski definition) is 7. The van der Waals surface area contributed by atoms with Crippen molar-refractivity contribution < 1.29 is 32.3 Å². The maximum atomic E-state index is 14.1. The number of epoxide rings is 1. The Morgan fingerprint density at radius 3 is 2.17 bits per heavy atom. The van der Waals surface area contributed by atoms with Crippen molar-refractivity contribution in [1.29, 1.82) is 0 Å². The number of benzene rings is 2. The van der Waals surface area contributed by atoms with E-state index in [2.05, 4.69) is 114 Å². The Morgan fingerprint density at radius 1 is 0.943 bits per heavy atom. The van der Waals surface area contributed by atoms with Crippen molar-refractivity contribution in [3.63, 3.8) is 0 Å². The maximum Gasteiger partial charge on any atom is 0.344 e. The molecule has 0 N–H and O–H groups in total. The van der Waals surface area contributed by atoms with Crippen LogP contribution in [0.2, 0.25) is 36.3 Å². The Bertz CT molecular complexity index is 1720. The first-order valence-electron chi connectivity index (χ1n) is 20.1. The van der Waals surface area contributed by atoms with E-state index in [1.807, 2.05) is 24.5 Å². The van der Waals surface area contributed by atoms with Crippen LogP contribution in [0.25, 0.3) is 11.0 Å². The van der Waals surface area contributed by atoms with E-state index in [-0.39, 0.29) is 40.3 Å². The van der Waals surface area contributed by atoms with Crippen molar-refractivity contribution in [2.24, 2.45) is 5.92 Å². The molecule has 2 aliphatic heterocycles. The summed E-state index contributed by atoms with van der Waals surface area (Å²) in [4.78, 5) is 14.1. The van der Waals surface area contributed by atoms with Crippen LogP contribution >= 0.6 is 0 Å². The first-order chi connectivity index (χ1) is 24.7. The molecule has 2 aliphatic rings. The molecule has 2 aromatic carbocycles. The molecule has 0 amide bonds. The maximum absolute atomic E-state index is 14.1.